The predicted molar refractivity (Wildman–Crippen MR) is 69.1 cm³/mol. The molecule has 0 spiro atoms. The third-order valence-electron chi connectivity index (χ3n) is 2.31. The van der Waals surface area contributed by atoms with Crippen molar-refractivity contribution in [1.29, 1.82) is 0 Å². The molecule has 0 saturated carbocycles. The van der Waals surface area contributed by atoms with Crippen molar-refractivity contribution in [3.05, 3.63) is 35.4 Å². The maximum absolute atomic E-state index is 11.4. The Balaban J connectivity index is 2.50. The lowest BCUT2D eigenvalue weighted by molar-refractivity contribution is 0.0526. The van der Waals surface area contributed by atoms with E-state index in [0.29, 0.717) is 12.2 Å². The molecule has 0 radical (unpaired) electrons. The van der Waals surface area contributed by atoms with Gasteiger partial charge >= 0.3 is 5.97 Å². The van der Waals surface area contributed by atoms with Crippen LogP contribution >= 0.6 is 15.9 Å². The summed E-state index contributed by atoms with van der Waals surface area (Å²) in [6, 6.07) is 7.67. The Bertz CT molecular complexity index is 319. The van der Waals surface area contributed by atoms with Crippen molar-refractivity contribution >= 4 is 21.9 Å². The minimum Gasteiger partial charge on any atom is -0.462 e. The Morgan fingerprint density at radius 2 is 1.94 bits per heavy atom. The van der Waals surface area contributed by atoms with Crippen LogP contribution in [0.1, 0.15) is 35.7 Å². The fraction of sp³-hybridized carbons (Fsp3) is 0.462. The lowest BCUT2D eigenvalue weighted by Crippen LogP contribution is -2.04. The summed E-state index contributed by atoms with van der Waals surface area (Å²) in [5.41, 5.74) is 1.90. The zero-order valence-electron chi connectivity index (χ0n) is 9.54. The molecule has 0 saturated heterocycles. The zero-order chi connectivity index (χ0) is 11.8. The minimum atomic E-state index is -0.241. The van der Waals surface area contributed by atoms with Gasteiger partial charge in [-0.1, -0.05) is 28.1 Å². The number of carbonyl (C=O) groups excluding carboxylic acids is 1. The average Bonchev–Trinajstić information content (AvgIpc) is 2.30. The average molecular weight is 285 g/mol. The number of alkyl halides is 1. The molecule has 0 unspecified atom stereocenters. The fourth-order valence-corrected chi connectivity index (χ4v) is 1.84. The first-order chi connectivity index (χ1) is 7.77. The van der Waals surface area contributed by atoms with Crippen molar-refractivity contribution in [3.63, 3.8) is 0 Å². The molecule has 1 aromatic carbocycles. The highest BCUT2D eigenvalue weighted by Gasteiger charge is 2.05. The minimum absolute atomic E-state index is 0.241. The van der Waals surface area contributed by atoms with E-state index < -0.39 is 0 Å². The molecule has 88 valence electrons. The van der Waals surface area contributed by atoms with Gasteiger partial charge in [0.05, 0.1) is 12.2 Å². The molecule has 0 heterocycles. The van der Waals surface area contributed by atoms with Crippen molar-refractivity contribution in [2.45, 2.75) is 26.2 Å². The van der Waals surface area contributed by atoms with Crippen LogP contribution in [0.2, 0.25) is 0 Å². The van der Waals surface area contributed by atoms with Crippen molar-refractivity contribution in [1.82, 2.24) is 0 Å². The van der Waals surface area contributed by atoms with E-state index in [1.165, 1.54) is 18.4 Å². The highest BCUT2D eigenvalue weighted by molar-refractivity contribution is 9.09. The van der Waals surface area contributed by atoms with Crippen molar-refractivity contribution in [2.24, 2.45) is 0 Å². The second kappa shape index (κ2) is 7.44. The summed E-state index contributed by atoms with van der Waals surface area (Å²) >= 11 is 3.41. The highest BCUT2D eigenvalue weighted by Crippen LogP contribution is 2.09. The molecule has 0 aromatic heterocycles. The van der Waals surface area contributed by atoms with Gasteiger partial charge in [-0.25, -0.2) is 4.79 Å². The summed E-state index contributed by atoms with van der Waals surface area (Å²) in [5, 5.41) is 1.05. The maximum atomic E-state index is 11.4. The van der Waals surface area contributed by atoms with Crippen LogP contribution in [-0.4, -0.2) is 17.9 Å². The van der Waals surface area contributed by atoms with E-state index in [1.54, 1.807) is 0 Å². The van der Waals surface area contributed by atoms with Gasteiger partial charge in [0.15, 0.2) is 0 Å². The molecule has 0 N–H and O–H groups in total. The van der Waals surface area contributed by atoms with E-state index in [2.05, 4.69) is 15.9 Å². The van der Waals surface area contributed by atoms with Crippen LogP contribution in [0.5, 0.6) is 0 Å². The number of halogens is 1. The van der Waals surface area contributed by atoms with E-state index in [-0.39, 0.29) is 5.97 Å². The molecule has 3 heteroatoms. The van der Waals surface area contributed by atoms with Crippen LogP contribution in [0.3, 0.4) is 0 Å². The standard InChI is InChI=1S/C13H17BrO2/c1-2-16-13(15)12-8-6-11(7-9-12)5-3-4-10-14/h6-9H,2-5,10H2,1H3. The lowest BCUT2D eigenvalue weighted by atomic mass is 10.1. The summed E-state index contributed by atoms with van der Waals surface area (Å²) in [7, 11) is 0. The van der Waals surface area contributed by atoms with Gasteiger partial charge in [0, 0.05) is 5.33 Å². The smallest absolute Gasteiger partial charge is 0.338 e. The van der Waals surface area contributed by atoms with E-state index in [9.17, 15) is 4.79 Å². The molecule has 1 aromatic rings. The molecule has 0 aliphatic rings. The largest absolute Gasteiger partial charge is 0.462 e. The third-order valence-corrected chi connectivity index (χ3v) is 2.87. The molecular weight excluding hydrogens is 268 g/mol. The number of aryl methyl sites for hydroxylation is 1. The zero-order valence-corrected chi connectivity index (χ0v) is 11.1. The number of hydrogen-bond acceptors (Lipinski definition) is 2. The van der Waals surface area contributed by atoms with E-state index in [1.807, 2.05) is 31.2 Å². The van der Waals surface area contributed by atoms with Gasteiger partial charge < -0.3 is 4.74 Å². The first kappa shape index (κ1) is 13.2. The first-order valence-electron chi connectivity index (χ1n) is 5.60. The Hall–Kier alpha value is -0.830. The van der Waals surface area contributed by atoms with Crippen LogP contribution < -0.4 is 0 Å². The number of esters is 1. The molecule has 2 nitrogen and oxygen atoms in total. The number of rotatable bonds is 6. The summed E-state index contributed by atoms with van der Waals surface area (Å²) in [4.78, 5) is 11.4. The molecule has 0 aliphatic heterocycles. The highest BCUT2D eigenvalue weighted by atomic mass is 79.9. The number of unbranched alkanes of at least 4 members (excludes halogenated alkanes) is 1. The van der Waals surface area contributed by atoms with Crippen LogP contribution in [0.4, 0.5) is 0 Å². The van der Waals surface area contributed by atoms with Gasteiger partial charge in [-0.05, 0) is 43.9 Å². The molecule has 16 heavy (non-hydrogen) atoms. The van der Waals surface area contributed by atoms with Gasteiger partial charge in [0.1, 0.15) is 0 Å². The van der Waals surface area contributed by atoms with Crippen LogP contribution in [0.25, 0.3) is 0 Å². The first-order valence-corrected chi connectivity index (χ1v) is 6.72. The molecular formula is C13H17BrO2. The Morgan fingerprint density at radius 3 is 2.50 bits per heavy atom. The summed E-state index contributed by atoms with van der Waals surface area (Å²) in [6.45, 7) is 2.23. The van der Waals surface area contributed by atoms with E-state index in [0.717, 1.165) is 11.8 Å². The van der Waals surface area contributed by atoms with E-state index >= 15 is 0 Å². The third kappa shape index (κ3) is 4.35. The fourth-order valence-electron chi connectivity index (χ4n) is 1.45. The Labute approximate surface area is 105 Å². The second-order valence-corrected chi connectivity index (χ2v) is 4.36. The number of hydrogen-bond donors (Lipinski definition) is 0. The van der Waals surface area contributed by atoms with Crippen molar-refractivity contribution in [3.8, 4) is 0 Å². The molecule has 0 amide bonds. The lowest BCUT2D eigenvalue weighted by Gasteiger charge is -2.03. The predicted octanol–water partition coefficient (Wildman–Crippen LogP) is 3.58. The SMILES string of the molecule is CCOC(=O)c1ccc(CCCCBr)cc1. The normalized spacial score (nSPS) is 10.1. The summed E-state index contributed by atoms with van der Waals surface area (Å²) in [6.07, 6.45) is 3.42. The Kier molecular flexibility index (Phi) is 6.16. The van der Waals surface area contributed by atoms with Gasteiger partial charge in [-0.2, -0.15) is 0 Å². The van der Waals surface area contributed by atoms with Crippen molar-refractivity contribution < 1.29 is 9.53 Å². The quantitative estimate of drug-likeness (QED) is 0.453. The molecule has 0 aliphatic carbocycles. The topological polar surface area (TPSA) is 26.3 Å². The maximum Gasteiger partial charge on any atom is 0.338 e. The monoisotopic (exact) mass is 284 g/mol. The van der Waals surface area contributed by atoms with Crippen LogP contribution in [0, 0.1) is 0 Å². The van der Waals surface area contributed by atoms with Gasteiger partial charge in [0.2, 0.25) is 0 Å². The number of ether oxygens (including phenoxy) is 1. The van der Waals surface area contributed by atoms with Gasteiger partial charge in [-0.15, -0.1) is 0 Å². The molecule has 0 atom stereocenters. The van der Waals surface area contributed by atoms with Gasteiger partial charge in [-0.3, -0.25) is 0 Å². The van der Waals surface area contributed by atoms with Crippen LogP contribution in [0.15, 0.2) is 24.3 Å². The van der Waals surface area contributed by atoms with E-state index in [4.69, 9.17) is 4.74 Å². The van der Waals surface area contributed by atoms with Crippen molar-refractivity contribution in [2.75, 3.05) is 11.9 Å². The molecule has 0 bridgehead atoms. The Morgan fingerprint density at radius 1 is 1.25 bits per heavy atom. The van der Waals surface area contributed by atoms with Gasteiger partial charge in [0.25, 0.3) is 0 Å². The molecule has 1 rings (SSSR count). The second-order valence-electron chi connectivity index (χ2n) is 3.56. The van der Waals surface area contributed by atoms with Crippen LogP contribution in [-0.2, 0) is 11.2 Å². The summed E-state index contributed by atoms with van der Waals surface area (Å²) in [5.74, 6) is -0.241. The number of benzene rings is 1. The summed E-state index contributed by atoms with van der Waals surface area (Å²) < 4.78 is 4.92. The number of carbonyl (C=O) groups is 1. The molecule has 0 fully saturated rings.